The van der Waals surface area contributed by atoms with Crippen LogP contribution in [0.1, 0.15) is 32.0 Å². The van der Waals surface area contributed by atoms with Crippen molar-refractivity contribution in [3.63, 3.8) is 0 Å². The second-order valence-electron chi connectivity index (χ2n) is 4.84. The van der Waals surface area contributed by atoms with E-state index in [-0.39, 0.29) is 0 Å². The normalized spacial score (nSPS) is 22.8. The molecule has 0 aromatic carbocycles. The van der Waals surface area contributed by atoms with Crippen LogP contribution in [0.15, 0.2) is 6.20 Å². The summed E-state index contributed by atoms with van der Waals surface area (Å²) in [6, 6.07) is 0. The molecule has 0 spiro atoms. The Morgan fingerprint density at radius 3 is 2.75 bits per heavy atom. The van der Waals surface area contributed by atoms with Crippen LogP contribution in [0.5, 0.6) is 0 Å². The lowest BCUT2D eigenvalue weighted by molar-refractivity contribution is 0.249. The molecule has 0 fully saturated rings. The highest BCUT2D eigenvalue weighted by Crippen LogP contribution is 2.37. The first-order valence-corrected chi connectivity index (χ1v) is 4.58. The molecule has 1 N–H and O–H groups in total. The SMILES string of the molecule is CC(C)(C)C1Cc2cn[nH]c2C1. The summed E-state index contributed by atoms with van der Waals surface area (Å²) in [7, 11) is 0. The van der Waals surface area contributed by atoms with Crippen molar-refractivity contribution in [2.24, 2.45) is 11.3 Å². The van der Waals surface area contributed by atoms with Crippen molar-refractivity contribution in [1.29, 1.82) is 0 Å². The van der Waals surface area contributed by atoms with Gasteiger partial charge in [0.05, 0.1) is 6.20 Å². The van der Waals surface area contributed by atoms with E-state index < -0.39 is 0 Å². The zero-order valence-electron chi connectivity index (χ0n) is 8.02. The lowest BCUT2D eigenvalue weighted by Gasteiger charge is -2.26. The van der Waals surface area contributed by atoms with E-state index in [1.807, 2.05) is 6.20 Å². The van der Waals surface area contributed by atoms with Crippen LogP contribution in [0.3, 0.4) is 0 Å². The average molecular weight is 164 g/mol. The minimum absolute atomic E-state index is 0.430. The monoisotopic (exact) mass is 164 g/mol. The minimum atomic E-state index is 0.430. The number of nitrogens with zero attached hydrogens (tertiary/aromatic N) is 1. The van der Waals surface area contributed by atoms with E-state index in [4.69, 9.17) is 0 Å². The molecule has 0 radical (unpaired) electrons. The molecule has 1 atom stereocenters. The topological polar surface area (TPSA) is 28.7 Å². The Kier molecular flexibility index (Phi) is 1.53. The van der Waals surface area contributed by atoms with Crippen LogP contribution in [0.2, 0.25) is 0 Å². The predicted octanol–water partition coefficient (Wildman–Crippen LogP) is 2.17. The molecular formula is C10H16N2. The number of aromatic nitrogens is 2. The van der Waals surface area contributed by atoms with Gasteiger partial charge in [0.1, 0.15) is 0 Å². The summed E-state index contributed by atoms with van der Waals surface area (Å²) >= 11 is 0. The molecule has 1 aromatic heterocycles. The minimum Gasteiger partial charge on any atom is -0.282 e. The van der Waals surface area contributed by atoms with Crippen molar-refractivity contribution < 1.29 is 0 Å². The van der Waals surface area contributed by atoms with Gasteiger partial charge in [-0.2, -0.15) is 5.10 Å². The fourth-order valence-corrected chi connectivity index (χ4v) is 1.89. The zero-order chi connectivity index (χ0) is 8.77. The molecule has 0 bridgehead atoms. The fourth-order valence-electron chi connectivity index (χ4n) is 1.89. The second-order valence-corrected chi connectivity index (χ2v) is 4.84. The Morgan fingerprint density at radius 2 is 2.17 bits per heavy atom. The Labute approximate surface area is 73.4 Å². The Balaban J connectivity index is 2.18. The standard InChI is InChI=1S/C10H16N2/c1-10(2,3)8-4-7-6-11-12-9(7)5-8/h6,8H,4-5H2,1-3H3,(H,11,12). The van der Waals surface area contributed by atoms with E-state index in [1.54, 1.807) is 0 Å². The van der Waals surface area contributed by atoms with Crippen LogP contribution in [0.4, 0.5) is 0 Å². The van der Waals surface area contributed by atoms with Crippen LogP contribution >= 0.6 is 0 Å². The number of nitrogens with one attached hydrogen (secondary N) is 1. The highest BCUT2D eigenvalue weighted by molar-refractivity contribution is 5.23. The van der Waals surface area contributed by atoms with E-state index in [2.05, 4.69) is 31.0 Å². The molecule has 12 heavy (non-hydrogen) atoms. The molecule has 1 aliphatic rings. The molecule has 2 heteroatoms. The largest absolute Gasteiger partial charge is 0.282 e. The van der Waals surface area contributed by atoms with Crippen molar-refractivity contribution in [3.05, 3.63) is 17.5 Å². The van der Waals surface area contributed by atoms with Crippen molar-refractivity contribution in [3.8, 4) is 0 Å². The molecule has 0 saturated heterocycles. The lowest BCUT2D eigenvalue weighted by Crippen LogP contribution is -2.20. The summed E-state index contributed by atoms with van der Waals surface area (Å²) in [6.07, 6.45) is 4.36. The van der Waals surface area contributed by atoms with Gasteiger partial charge in [-0.05, 0) is 29.7 Å². The van der Waals surface area contributed by atoms with E-state index in [9.17, 15) is 0 Å². The van der Waals surface area contributed by atoms with Gasteiger partial charge in [-0.1, -0.05) is 20.8 Å². The first kappa shape index (κ1) is 7.84. The molecule has 0 amide bonds. The van der Waals surface area contributed by atoms with Gasteiger partial charge in [0.15, 0.2) is 0 Å². The highest BCUT2D eigenvalue weighted by atomic mass is 15.1. The van der Waals surface area contributed by atoms with Crippen molar-refractivity contribution in [2.45, 2.75) is 33.6 Å². The van der Waals surface area contributed by atoms with Crippen LogP contribution in [0.25, 0.3) is 0 Å². The van der Waals surface area contributed by atoms with Crippen molar-refractivity contribution in [2.75, 3.05) is 0 Å². The molecule has 0 saturated carbocycles. The maximum absolute atomic E-state index is 4.04. The lowest BCUT2D eigenvalue weighted by atomic mass is 9.79. The number of hydrogen-bond acceptors (Lipinski definition) is 1. The summed E-state index contributed by atoms with van der Waals surface area (Å²) in [5, 5.41) is 7.10. The van der Waals surface area contributed by atoms with Gasteiger partial charge in [0.25, 0.3) is 0 Å². The number of aromatic amines is 1. The Bertz CT molecular complexity index is 260. The van der Waals surface area contributed by atoms with E-state index >= 15 is 0 Å². The Hall–Kier alpha value is -0.790. The highest BCUT2D eigenvalue weighted by Gasteiger charge is 2.31. The molecule has 1 aliphatic carbocycles. The molecular weight excluding hydrogens is 148 g/mol. The third-order valence-corrected chi connectivity index (χ3v) is 2.95. The molecule has 2 nitrogen and oxygen atoms in total. The predicted molar refractivity (Wildman–Crippen MR) is 48.9 cm³/mol. The van der Waals surface area contributed by atoms with E-state index in [0.29, 0.717) is 5.41 Å². The number of fused-ring (bicyclic) bond motifs is 1. The maximum Gasteiger partial charge on any atom is 0.0522 e. The van der Waals surface area contributed by atoms with Crippen LogP contribution in [-0.4, -0.2) is 10.2 Å². The number of hydrogen-bond donors (Lipinski definition) is 1. The first-order chi connectivity index (χ1) is 5.57. The summed E-state index contributed by atoms with van der Waals surface area (Å²) < 4.78 is 0. The third-order valence-electron chi connectivity index (χ3n) is 2.95. The number of H-pyrrole nitrogens is 1. The Morgan fingerprint density at radius 1 is 1.42 bits per heavy atom. The van der Waals surface area contributed by atoms with Gasteiger partial charge in [0, 0.05) is 5.69 Å². The molecule has 1 heterocycles. The molecule has 66 valence electrons. The van der Waals surface area contributed by atoms with Gasteiger partial charge in [0.2, 0.25) is 0 Å². The van der Waals surface area contributed by atoms with Crippen molar-refractivity contribution >= 4 is 0 Å². The molecule has 0 aliphatic heterocycles. The molecule has 1 aromatic rings. The van der Waals surface area contributed by atoms with E-state index in [0.717, 1.165) is 5.92 Å². The fraction of sp³-hybridized carbons (Fsp3) is 0.700. The third kappa shape index (κ3) is 1.15. The van der Waals surface area contributed by atoms with Gasteiger partial charge in [-0.25, -0.2) is 0 Å². The molecule has 1 unspecified atom stereocenters. The average Bonchev–Trinajstić information content (AvgIpc) is 2.37. The van der Waals surface area contributed by atoms with Crippen molar-refractivity contribution in [1.82, 2.24) is 10.2 Å². The summed E-state index contributed by atoms with van der Waals surface area (Å²) in [5.41, 5.74) is 3.21. The van der Waals surface area contributed by atoms with Gasteiger partial charge >= 0.3 is 0 Å². The quantitative estimate of drug-likeness (QED) is 0.625. The molecule has 2 rings (SSSR count). The zero-order valence-corrected chi connectivity index (χ0v) is 8.02. The summed E-state index contributed by atoms with van der Waals surface area (Å²) in [5.74, 6) is 0.793. The van der Waals surface area contributed by atoms with Crippen LogP contribution in [0, 0.1) is 11.3 Å². The van der Waals surface area contributed by atoms with Crippen LogP contribution < -0.4 is 0 Å². The number of rotatable bonds is 0. The van der Waals surface area contributed by atoms with E-state index in [1.165, 1.54) is 24.1 Å². The van der Waals surface area contributed by atoms with Crippen LogP contribution in [-0.2, 0) is 12.8 Å². The summed E-state index contributed by atoms with van der Waals surface area (Å²) in [6.45, 7) is 6.95. The summed E-state index contributed by atoms with van der Waals surface area (Å²) in [4.78, 5) is 0. The van der Waals surface area contributed by atoms with Gasteiger partial charge < -0.3 is 0 Å². The first-order valence-electron chi connectivity index (χ1n) is 4.58. The second kappa shape index (κ2) is 2.35. The smallest absolute Gasteiger partial charge is 0.0522 e. The van der Waals surface area contributed by atoms with Gasteiger partial charge in [-0.15, -0.1) is 0 Å². The maximum atomic E-state index is 4.04. The van der Waals surface area contributed by atoms with Gasteiger partial charge in [-0.3, -0.25) is 5.10 Å².